The number of hydrogen-bond donors (Lipinski definition) is 2. The molecule has 3 aromatic heterocycles. The van der Waals surface area contributed by atoms with Gasteiger partial charge in [-0.1, -0.05) is 80.2 Å². The lowest BCUT2D eigenvalue weighted by Gasteiger charge is -2.31. The molecular formula is C41H41Cl4IN6O6S. The third-order valence-corrected chi connectivity index (χ3v) is 14.6. The Hall–Kier alpha value is -2.54. The molecule has 2 saturated heterocycles. The fraction of sp³-hybridized carbons (Fsp3) is 0.488. The molecule has 5 heterocycles. The standard InChI is InChI=1S/C22H20Cl2N4O4S.C19H20Cl2N2O2.HI/c23-14-2-1-3-15(24)17(14)18-13(19(32-27-18)10-4-5-10)9-31-16-7-12-6-11(16)8-28(12)22-26-25-20(33-22)21(29)30;20-14-2-1-3-15(21)17(14)18-13(19(25-23-18)10-4-5-10)9-24-16-7-12-6-11(16)8-22-12;/h1-3,10-12,16H,4-9H2,(H,29,30);1-3,10-12,16,22H,4-9H2;1H/t2*11-,12-,16+;/m00./s1. The van der Waals surface area contributed by atoms with Crippen molar-refractivity contribution >= 4 is 92.8 Å². The van der Waals surface area contributed by atoms with E-state index in [0.717, 1.165) is 103 Å². The van der Waals surface area contributed by atoms with Crippen LogP contribution in [0.1, 0.15) is 95.7 Å². The molecule has 6 atom stereocenters. The molecule has 0 spiro atoms. The Morgan fingerprint density at radius 3 is 1.75 bits per heavy atom. The van der Waals surface area contributed by atoms with E-state index in [1.165, 1.54) is 6.42 Å². The fourth-order valence-corrected chi connectivity index (χ4v) is 11.1. The first-order valence-corrected chi connectivity index (χ1v) is 22.2. The van der Waals surface area contributed by atoms with Gasteiger partial charge in [0.25, 0.3) is 0 Å². The van der Waals surface area contributed by atoms with Gasteiger partial charge in [0.2, 0.25) is 10.1 Å². The lowest BCUT2D eigenvalue weighted by molar-refractivity contribution is 0.00913. The molecule has 6 fully saturated rings. The topological polar surface area (TPSA) is 149 Å². The number of hydrogen-bond acceptors (Lipinski definition) is 12. The van der Waals surface area contributed by atoms with Gasteiger partial charge in [0.05, 0.1) is 45.5 Å². The molecule has 2 N–H and O–H groups in total. The van der Waals surface area contributed by atoms with Crippen molar-refractivity contribution in [1.82, 2.24) is 25.8 Å². The van der Waals surface area contributed by atoms with E-state index in [-0.39, 0.29) is 41.1 Å². The van der Waals surface area contributed by atoms with Gasteiger partial charge in [-0.15, -0.1) is 34.2 Å². The molecule has 11 rings (SSSR count). The number of rotatable bonds is 12. The SMILES string of the molecule is Clc1cccc(Cl)c1-c1noc(C2CC2)c1CO[C@@H]1C[C@@H]2C[C@H]1CN2.I.O=C(O)c1nnc(N2C[C@@H]3C[C@H]2C[C@H]3OCc2c(-c3c(Cl)cccc3Cl)noc2C2CC2)s1. The second kappa shape index (κ2) is 17.3. The molecule has 4 aliphatic carbocycles. The summed E-state index contributed by atoms with van der Waals surface area (Å²) >= 11 is 26.8. The van der Waals surface area contributed by atoms with Crippen molar-refractivity contribution in [3.63, 3.8) is 0 Å². The summed E-state index contributed by atoms with van der Waals surface area (Å²) in [6.07, 6.45) is 9.07. The largest absolute Gasteiger partial charge is 0.476 e. The normalized spacial score (nSPS) is 25.3. The highest BCUT2D eigenvalue weighted by atomic mass is 127. The monoisotopic (exact) mass is 1010 g/mol. The maximum Gasteiger partial charge on any atom is 0.367 e. The van der Waals surface area contributed by atoms with Crippen LogP contribution in [0.15, 0.2) is 45.4 Å². The quantitative estimate of drug-likeness (QED) is 0.115. The predicted molar refractivity (Wildman–Crippen MR) is 236 cm³/mol. The summed E-state index contributed by atoms with van der Waals surface area (Å²) in [5.74, 6) is 2.60. The summed E-state index contributed by atoms with van der Waals surface area (Å²) in [6, 6.07) is 11.8. The maximum absolute atomic E-state index is 11.1. The van der Waals surface area contributed by atoms with E-state index >= 15 is 0 Å². The van der Waals surface area contributed by atoms with Gasteiger partial charge >= 0.3 is 5.97 Å². The van der Waals surface area contributed by atoms with Gasteiger partial charge in [-0.05, 0) is 81.5 Å². The Morgan fingerprint density at radius 2 is 1.32 bits per heavy atom. The van der Waals surface area contributed by atoms with Crippen LogP contribution in [-0.4, -0.2) is 69.0 Å². The molecule has 0 amide bonds. The van der Waals surface area contributed by atoms with Crippen LogP contribution in [0, 0.1) is 11.8 Å². The predicted octanol–water partition coefficient (Wildman–Crippen LogP) is 10.7. The Balaban J connectivity index is 0.000000155. The van der Waals surface area contributed by atoms with Crippen LogP contribution in [0.25, 0.3) is 22.5 Å². The zero-order valence-electron chi connectivity index (χ0n) is 31.6. The van der Waals surface area contributed by atoms with Gasteiger partial charge in [0.15, 0.2) is 0 Å². The highest BCUT2D eigenvalue weighted by Gasteiger charge is 2.47. The van der Waals surface area contributed by atoms with Gasteiger partial charge in [0, 0.05) is 65.2 Å². The Labute approximate surface area is 381 Å². The van der Waals surface area contributed by atoms with Crippen molar-refractivity contribution in [1.29, 1.82) is 0 Å². The number of piperidine rings is 2. The van der Waals surface area contributed by atoms with Crippen LogP contribution in [-0.2, 0) is 22.7 Å². The number of carbonyl (C=O) groups is 1. The molecule has 59 heavy (non-hydrogen) atoms. The summed E-state index contributed by atoms with van der Waals surface area (Å²) < 4.78 is 24.2. The lowest BCUT2D eigenvalue weighted by atomic mass is 10.0. The van der Waals surface area contributed by atoms with Gasteiger partial charge < -0.3 is 33.8 Å². The maximum atomic E-state index is 11.1. The molecule has 4 saturated carbocycles. The third kappa shape index (κ3) is 8.39. The zero-order valence-corrected chi connectivity index (χ0v) is 37.8. The van der Waals surface area contributed by atoms with Crippen molar-refractivity contribution in [2.45, 2.75) is 101 Å². The summed E-state index contributed by atoms with van der Waals surface area (Å²) in [6.45, 7) is 2.76. The second-order valence-corrected chi connectivity index (χ2v) is 18.8. The van der Waals surface area contributed by atoms with E-state index in [1.807, 2.05) is 24.3 Å². The van der Waals surface area contributed by atoms with E-state index in [2.05, 4.69) is 30.7 Å². The number of aromatic nitrogens is 4. The van der Waals surface area contributed by atoms with Gasteiger partial charge in [-0.2, -0.15) is 0 Å². The minimum absolute atomic E-state index is 0. The van der Waals surface area contributed by atoms with E-state index in [1.54, 1.807) is 12.1 Å². The third-order valence-electron chi connectivity index (χ3n) is 12.4. The first-order valence-electron chi connectivity index (χ1n) is 19.9. The van der Waals surface area contributed by atoms with Crippen LogP contribution in [0.5, 0.6) is 0 Å². The first-order chi connectivity index (χ1) is 28.2. The molecule has 0 radical (unpaired) electrons. The van der Waals surface area contributed by atoms with Crippen molar-refractivity contribution in [3.8, 4) is 22.5 Å². The number of carboxylic acids is 1. The van der Waals surface area contributed by atoms with E-state index in [4.69, 9.17) is 70.0 Å². The number of aromatic carboxylic acids is 1. The Morgan fingerprint density at radius 1 is 0.780 bits per heavy atom. The fourth-order valence-electron chi connectivity index (χ4n) is 9.23. The van der Waals surface area contributed by atoms with Crippen molar-refractivity contribution < 1.29 is 28.4 Å². The van der Waals surface area contributed by atoms with Gasteiger partial charge in [-0.25, -0.2) is 4.79 Å². The smallest absolute Gasteiger partial charge is 0.367 e. The lowest BCUT2D eigenvalue weighted by Crippen LogP contribution is -2.38. The minimum Gasteiger partial charge on any atom is -0.476 e. The molecular weight excluding hydrogens is 973 g/mol. The molecule has 12 nitrogen and oxygen atoms in total. The van der Waals surface area contributed by atoms with Crippen molar-refractivity contribution in [2.24, 2.45) is 11.8 Å². The highest BCUT2D eigenvalue weighted by Crippen LogP contribution is 2.49. The molecule has 6 aliphatic rings. The van der Waals surface area contributed by atoms with Crippen molar-refractivity contribution in [2.75, 3.05) is 18.0 Å². The van der Waals surface area contributed by atoms with E-state index < -0.39 is 5.97 Å². The number of halogens is 5. The van der Waals surface area contributed by atoms with Crippen LogP contribution in [0.4, 0.5) is 5.13 Å². The number of nitrogens with zero attached hydrogens (tertiary/aromatic N) is 5. The number of benzene rings is 2. The summed E-state index contributed by atoms with van der Waals surface area (Å²) in [4.78, 5) is 13.3. The van der Waals surface area contributed by atoms with Crippen molar-refractivity contribution in [3.05, 3.63) is 84.1 Å². The highest BCUT2D eigenvalue weighted by molar-refractivity contribution is 14.0. The number of anilines is 1. The number of carboxylic acid groups (broad SMARTS) is 1. The number of fused-ring (bicyclic) bond motifs is 4. The molecule has 2 aliphatic heterocycles. The molecule has 18 heteroatoms. The van der Waals surface area contributed by atoms with Gasteiger partial charge in [-0.3, -0.25) is 0 Å². The average Bonchev–Trinajstić information content (AvgIpc) is 3.68. The molecule has 2 aromatic carbocycles. The van der Waals surface area contributed by atoms with Crippen LogP contribution >= 0.6 is 81.7 Å². The molecule has 0 unspecified atom stereocenters. The Bertz CT molecular complexity index is 2310. The first kappa shape index (κ1) is 41.8. The summed E-state index contributed by atoms with van der Waals surface area (Å²) in [5.41, 5.74) is 4.77. The molecule has 5 aromatic rings. The number of nitrogens with one attached hydrogen (secondary N) is 1. The average molecular weight is 1010 g/mol. The summed E-state index contributed by atoms with van der Waals surface area (Å²) in [7, 11) is 0. The second-order valence-electron chi connectivity index (χ2n) is 16.3. The summed E-state index contributed by atoms with van der Waals surface area (Å²) in [5, 5.41) is 32.1. The number of ether oxygens (including phenoxy) is 2. The zero-order chi connectivity index (χ0) is 39.7. The Kier molecular flexibility index (Phi) is 12.3. The van der Waals surface area contributed by atoms with Gasteiger partial charge in [0.1, 0.15) is 22.9 Å². The molecule has 312 valence electrons. The van der Waals surface area contributed by atoms with Crippen LogP contribution in [0.3, 0.4) is 0 Å². The van der Waals surface area contributed by atoms with E-state index in [9.17, 15) is 4.79 Å². The van der Waals surface area contributed by atoms with E-state index in [0.29, 0.717) is 85.5 Å². The van der Waals surface area contributed by atoms with Crippen LogP contribution < -0.4 is 10.2 Å². The van der Waals surface area contributed by atoms with Crippen LogP contribution in [0.2, 0.25) is 20.1 Å². The minimum atomic E-state index is -1.04. The molecule has 4 bridgehead atoms.